The second-order valence-electron chi connectivity index (χ2n) is 4.40. The molecule has 3 nitrogen and oxygen atoms in total. The highest BCUT2D eigenvalue weighted by Crippen LogP contribution is 2.29. The summed E-state index contributed by atoms with van der Waals surface area (Å²) < 4.78 is 0. The molecule has 3 N–H and O–H groups in total. The molecule has 0 aromatic heterocycles. The van der Waals surface area contributed by atoms with Gasteiger partial charge in [-0.1, -0.05) is 43.1 Å². The molecule has 1 aromatic rings. The average Bonchev–Trinajstić information content (AvgIpc) is 2.41. The molecule has 19 heavy (non-hydrogen) atoms. The van der Waals surface area contributed by atoms with Gasteiger partial charge in [-0.15, -0.1) is 0 Å². The second kappa shape index (κ2) is 8.77. The van der Waals surface area contributed by atoms with Crippen LogP contribution in [0.5, 0.6) is 0 Å². The largest absolute Gasteiger partial charge is 0.329 e. The lowest BCUT2D eigenvalue weighted by Gasteiger charge is -2.23. The molecule has 5 heteroatoms. The normalized spacial score (nSPS) is 12.9. The van der Waals surface area contributed by atoms with Gasteiger partial charge in [0.05, 0.1) is 0 Å². The van der Waals surface area contributed by atoms with E-state index in [1.807, 2.05) is 18.2 Å². The van der Waals surface area contributed by atoms with Gasteiger partial charge >= 0.3 is 0 Å². The highest BCUT2D eigenvalue weighted by atomic mass is 35.5. The Morgan fingerprint density at radius 2 is 1.79 bits per heavy atom. The van der Waals surface area contributed by atoms with Crippen LogP contribution >= 0.6 is 23.2 Å². The van der Waals surface area contributed by atoms with Crippen LogP contribution in [0.25, 0.3) is 0 Å². The van der Waals surface area contributed by atoms with E-state index in [-0.39, 0.29) is 6.04 Å². The summed E-state index contributed by atoms with van der Waals surface area (Å²) in [6.07, 6.45) is 0. The summed E-state index contributed by atoms with van der Waals surface area (Å²) in [5, 5.41) is 4.76. The molecule has 1 atom stereocenters. The Balaban J connectivity index is 2.63. The predicted octanol–water partition coefficient (Wildman–Crippen LogP) is 2.92. The van der Waals surface area contributed by atoms with Crippen LogP contribution in [0.4, 0.5) is 0 Å². The summed E-state index contributed by atoms with van der Waals surface area (Å²) in [4.78, 5) is 2.36. The van der Waals surface area contributed by atoms with Gasteiger partial charge in [0.15, 0.2) is 0 Å². The fourth-order valence-corrected chi connectivity index (χ4v) is 2.74. The first kappa shape index (κ1) is 16.7. The maximum atomic E-state index is 6.21. The third kappa shape index (κ3) is 4.93. The van der Waals surface area contributed by atoms with Crippen LogP contribution < -0.4 is 11.1 Å². The number of rotatable bonds is 8. The van der Waals surface area contributed by atoms with E-state index in [2.05, 4.69) is 24.1 Å². The summed E-state index contributed by atoms with van der Waals surface area (Å²) in [7, 11) is 0. The fraction of sp³-hybridized carbons (Fsp3) is 0.571. The molecule has 108 valence electrons. The zero-order valence-corrected chi connectivity index (χ0v) is 13.1. The Morgan fingerprint density at radius 3 is 2.26 bits per heavy atom. The number of halogens is 2. The van der Waals surface area contributed by atoms with Gasteiger partial charge in [0.1, 0.15) is 0 Å². The number of nitrogens with one attached hydrogen (secondary N) is 1. The zero-order valence-electron chi connectivity index (χ0n) is 11.6. The van der Waals surface area contributed by atoms with Crippen molar-refractivity contribution in [3.8, 4) is 0 Å². The van der Waals surface area contributed by atoms with Gasteiger partial charge < -0.3 is 16.0 Å². The van der Waals surface area contributed by atoms with Gasteiger partial charge in [-0.3, -0.25) is 0 Å². The molecule has 0 aliphatic rings. The van der Waals surface area contributed by atoms with Gasteiger partial charge in [-0.25, -0.2) is 0 Å². The Kier molecular flexibility index (Phi) is 7.73. The van der Waals surface area contributed by atoms with Gasteiger partial charge in [0, 0.05) is 41.3 Å². The molecule has 0 amide bonds. The van der Waals surface area contributed by atoms with Crippen LogP contribution in [-0.4, -0.2) is 37.6 Å². The molecular weight excluding hydrogens is 281 g/mol. The topological polar surface area (TPSA) is 41.3 Å². The van der Waals surface area contributed by atoms with Gasteiger partial charge in [0.2, 0.25) is 0 Å². The average molecular weight is 304 g/mol. The zero-order chi connectivity index (χ0) is 14.3. The molecule has 0 fully saturated rings. The molecule has 0 aliphatic heterocycles. The summed E-state index contributed by atoms with van der Waals surface area (Å²) in [5.41, 5.74) is 6.73. The molecule has 0 radical (unpaired) electrons. The van der Waals surface area contributed by atoms with Gasteiger partial charge in [-0.05, 0) is 25.2 Å². The quantitative estimate of drug-likeness (QED) is 0.776. The van der Waals surface area contributed by atoms with Gasteiger partial charge in [0.25, 0.3) is 0 Å². The third-order valence-electron chi connectivity index (χ3n) is 3.30. The summed E-state index contributed by atoms with van der Waals surface area (Å²) in [6.45, 7) is 8.76. The molecule has 1 rings (SSSR count). The first-order chi connectivity index (χ1) is 9.13. The lowest BCUT2D eigenvalue weighted by Crippen LogP contribution is -2.36. The number of nitrogens with zero attached hydrogens (tertiary/aromatic N) is 1. The molecule has 1 aromatic carbocycles. The van der Waals surface area contributed by atoms with Crippen molar-refractivity contribution < 1.29 is 0 Å². The van der Waals surface area contributed by atoms with Crippen molar-refractivity contribution in [2.45, 2.75) is 19.9 Å². The molecule has 0 saturated heterocycles. The van der Waals surface area contributed by atoms with E-state index in [0.717, 1.165) is 31.7 Å². The van der Waals surface area contributed by atoms with Crippen LogP contribution in [0.1, 0.15) is 25.5 Å². The van der Waals surface area contributed by atoms with Crippen molar-refractivity contribution in [2.24, 2.45) is 5.73 Å². The van der Waals surface area contributed by atoms with Gasteiger partial charge in [-0.2, -0.15) is 0 Å². The fourth-order valence-electron chi connectivity index (χ4n) is 2.08. The maximum Gasteiger partial charge on any atom is 0.0474 e. The van der Waals surface area contributed by atoms with E-state index in [0.29, 0.717) is 16.6 Å². The van der Waals surface area contributed by atoms with Crippen LogP contribution in [0.2, 0.25) is 10.0 Å². The first-order valence-electron chi connectivity index (χ1n) is 6.73. The third-order valence-corrected chi connectivity index (χ3v) is 3.96. The van der Waals surface area contributed by atoms with E-state index < -0.39 is 0 Å². The smallest absolute Gasteiger partial charge is 0.0474 e. The predicted molar refractivity (Wildman–Crippen MR) is 84.0 cm³/mol. The van der Waals surface area contributed by atoms with E-state index >= 15 is 0 Å². The number of benzene rings is 1. The molecule has 0 aliphatic carbocycles. The van der Waals surface area contributed by atoms with Crippen molar-refractivity contribution in [3.63, 3.8) is 0 Å². The van der Waals surface area contributed by atoms with E-state index in [1.54, 1.807) is 0 Å². The number of hydrogen-bond acceptors (Lipinski definition) is 3. The van der Waals surface area contributed by atoms with Crippen molar-refractivity contribution in [1.29, 1.82) is 0 Å². The minimum absolute atomic E-state index is 0.00300. The molecule has 0 spiro atoms. The van der Waals surface area contributed by atoms with Crippen molar-refractivity contribution in [1.82, 2.24) is 10.2 Å². The number of likely N-dealkylation sites (N-methyl/N-ethyl adjacent to an activating group) is 1. The van der Waals surface area contributed by atoms with Crippen LogP contribution in [0, 0.1) is 0 Å². The molecular formula is C14H23Cl2N3. The van der Waals surface area contributed by atoms with E-state index in [1.165, 1.54) is 0 Å². The van der Waals surface area contributed by atoms with Crippen molar-refractivity contribution in [3.05, 3.63) is 33.8 Å². The molecule has 0 bridgehead atoms. The van der Waals surface area contributed by atoms with E-state index in [9.17, 15) is 0 Å². The van der Waals surface area contributed by atoms with E-state index in [4.69, 9.17) is 28.9 Å². The Morgan fingerprint density at radius 1 is 1.21 bits per heavy atom. The maximum absolute atomic E-state index is 6.21. The summed E-state index contributed by atoms with van der Waals surface area (Å²) >= 11 is 12.4. The molecule has 0 saturated carbocycles. The monoisotopic (exact) mass is 303 g/mol. The lowest BCUT2D eigenvalue weighted by atomic mass is 10.1. The minimum atomic E-state index is -0.00300. The number of hydrogen-bond donors (Lipinski definition) is 2. The van der Waals surface area contributed by atoms with Crippen LogP contribution in [0.3, 0.4) is 0 Å². The minimum Gasteiger partial charge on any atom is -0.329 e. The Hall–Kier alpha value is -0.320. The van der Waals surface area contributed by atoms with Crippen molar-refractivity contribution >= 4 is 23.2 Å². The first-order valence-corrected chi connectivity index (χ1v) is 7.49. The SMILES string of the molecule is CCN(CC)CCNC(CN)c1c(Cl)cccc1Cl. The highest BCUT2D eigenvalue weighted by Gasteiger charge is 2.16. The summed E-state index contributed by atoms with van der Waals surface area (Å²) in [5.74, 6) is 0. The summed E-state index contributed by atoms with van der Waals surface area (Å²) in [6, 6.07) is 5.53. The Bertz CT molecular complexity index is 361. The second-order valence-corrected chi connectivity index (χ2v) is 5.22. The molecule has 0 heterocycles. The highest BCUT2D eigenvalue weighted by molar-refractivity contribution is 6.36. The van der Waals surface area contributed by atoms with Crippen molar-refractivity contribution in [2.75, 3.05) is 32.7 Å². The number of nitrogens with two attached hydrogens (primary N) is 1. The van der Waals surface area contributed by atoms with Crippen LogP contribution in [0.15, 0.2) is 18.2 Å². The Labute approximate surface area is 126 Å². The van der Waals surface area contributed by atoms with Crippen LogP contribution in [-0.2, 0) is 0 Å². The standard InChI is InChI=1S/C14H23Cl2N3/c1-3-19(4-2)9-8-18-13(10-17)14-11(15)6-5-7-12(14)16/h5-7,13,18H,3-4,8-10,17H2,1-2H3. The lowest BCUT2D eigenvalue weighted by molar-refractivity contribution is 0.297. The molecule has 1 unspecified atom stereocenters.